The Kier molecular flexibility index (Phi) is 4.43. The van der Waals surface area contributed by atoms with Crippen LogP contribution >= 0.6 is 0 Å². The number of nitrogens with zero attached hydrogens (tertiary/aromatic N) is 1. The van der Waals surface area contributed by atoms with E-state index in [1.807, 2.05) is 0 Å². The average molecular weight is 239 g/mol. The molecule has 2 rings (SSSR count). The molecule has 1 aliphatic heterocycles. The summed E-state index contributed by atoms with van der Waals surface area (Å²) in [5.41, 5.74) is 0.644. The highest BCUT2D eigenvalue weighted by atomic mass is 16.4. The number of carbonyl (C=O) groups is 1. The molecule has 2 aliphatic rings. The molecule has 98 valence electrons. The van der Waals surface area contributed by atoms with Crippen LogP contribution in [0.15, 0.2) is 0 Å². The van der Waals surface area contributed by atoms with Crippen molar-refractivity contribution in [3.63, 3.8) is 0 Å². The Morgan fingerprint density at radius 2 is 1.88 bits per heavy atom. The minimum absolute atomic E-state index is 0.332. The molecule has 0 unspecified atom stereocenters. The van der Waals surface area contributed by atoms with E-state index in [9.17, 15) is 4.79 Å². The normalized spacial score (nSPS) is 24.2. The van der Waals surface area contributed by atoms with Crippen LogP contribution in [0.25, 0.3) is 0 Å². The van der Waals surface area contributed by atoms with Crippen LogP contribution in [0.3, 0.4) is 0 Å². The lowest BCUT2D eigenvalue weighted by atomic mass is 9.73. The van der Waals surface area contributed by atoms with E-state index in [2.05, 4.69) is 4.90 Å². The number of hydrogen-bond acceptors (Lipinski definition) is 2. The summed E-state index contributed by atoms with van der Waals surface area (Å²) >= 11 is 0. The highest BCUT2D eigenvalue weighted by Gasteiger charge is 2.38. The van der Waals surface area contributed by atoms with Gasteiger partial charge in [0, 0.05) is 13.0 Å². The van der Waals surface area contributed by atoms with Gasteiger partial charge in [0.2, 0.25) is 0 Å². The molecule has 1 saturated heterocycles. The lowest BCUT2D eigenvalue weighted by molar-refractivity contribution is -0.137. The van der Waals surface area contributed by atoms with Crippen LogP contribution in [0.2, 0.25) is 0 Å². The summed E-state index contributed by atoms with van der Waals surface area (Å²) in [6.45, 7) is 3.63. The first-order chi connectivity index (χ1) is 8.20. The van der Waals surface area contributed by atoms with Crippen LogP contribution in [-0.4, -0.2) is 35.6 Å². The molecular formula is C14H25NO2. The molecule has 1 spiro atoms. The van der Waals surface area contributed by atoms with Crippen molar-refractivity contribution in [1.82, 2.24) is 4.90 Å². The van der Waals surface area contributed by atoms with Crippen LogP contribution in [0.5, 0.6) is 0 Å². The Bertz CT molecular complexity index is 259. The maximum atomic E-state index is 10.4. The third-order valence-corrected chi connectivity index (χ3v) is 4.55. The van der Waals surface area contributed by atoms with Crippen molar-refractivity contribution in [3.05, 3.63) is 0 Å². The first kappa shape index (κ1) is 12.9. The van der Waals surface area contributed by atoms with E-state index in [-0.39, 0.29) is 0 Å². The molecule has 0 amide bonds. The minimum atomic E-state index is -0.657. The molecule has 0 aromatic rings. The van der Waals surface area contributed by atoms with E-state index in [1.165, 1.54) is 51.6 Å². The summed E-state index contributed by atoms with van der Waals surface area (Å²) in [4.78, 5) is 13.0. The molecule has 0 radical (unpaired) electrons. The van der Waals surface area contributed by atoms with Crippen molar-refractivity contribution in [2.45, 2.75) is 57.8 Å². The summed E-state index contributed by atoms with van der Waals surface area (Å²) in [5.74, 6) is -0.657. The Labute approximate surface area is 104 Å². The van der Waals surface area contributed by atoms with Gasteiger partial charge in [0.1, 0.15) is 0 Å². The van der Waals surface area contributed by atoms with Crippen molar-refractivity contribution >= 4 is 5.97 Å². The first-order valence-electron chi connectivity index (χ1n) is 7.14. The molecule has 2 fully saturated rings. The second-order valence-electron chi connectivity index (χ2n) is 5.94. The molecule has 0 bridgehead atoms. The highest BCUT2D eigenvalue weighted by Crippen LogP contribution is 2.43. The van der Waals surface area contributed by atoms with Gasteiger partial charge in [-0.3, -0.25) is 4.79 Å². The van der Waals surface area contributed by atoms with Gasteiger partial charge < -0.3 is 10.0 Å². The molecule has 3 nitrogen and oxygen atoms in total. The zero-order valence-corrected chi connectivity index (χ0v) is 10.8. The van der Waals surface area contributed by atoms with E-state index >= 15 is 0 Å². The molecule has 1 aliphatic carbocycles. The number of carboxylic acid groups (broad SMARTS) is 1. The smallest absolute Gasteiger partial charge is 0.303 e. The van der Waals surface area contributed by atoms with Crippen LogP contribution in [0.4, 0.5) is 0 Å². The number of unbranched alkanes of at least 4 members (excludes halogenated alkanes) is 1. The van der Waals surface area contributed by atoms with E-state index < -0.39 is 5.97 Å². The molecule has 0 atom stereocenters. The predicted octanol–water partition coefficient (Wildman–Crippen LogP) is 2.90. The quantitative estimate of drug-likeness (QED) is 0.750. The second-order valence-corrected chi connectivity index (χ2v) is 5.94. The van der Waals surface area contributed by atoms with Crippen molar-refractivity contribution in [3.8, 4) is 0 Å². The largest absolute Gasteiger partial charge is 0.481 e. The van der Waals surface area contributed by atoms with Crippen molar-refractivity contribution in [2.24, 2.45) is 5.41 Å². The second kappa shape index (κ2) is 5.85. The predicted molar refractivity (Wildman–Crippen MR) is 68.1 cm³/mol. The summed E-state index contributed by atoms with van der Waals surface area (Å²) in [6, 6.07) is 0. The van der Waals surface area contributed by atoms with Gasteiger partial charge in [-0.25, -0.2) is 0 Å². The summed E-state index contributed by atoms with van der Waals surface area (Å²) in [7, 11) is 0. The summed E-state index contributed by atoms with van der Waals surface area (Å²) in [6.07, 6.45) is 10.7. The van der Waals surface area contributed by atoms with Gasteiger partial charge in [0.05, 0.1) is 0 Å². The van der Waals surface area contributed by atoms with Gasteiger partial charge in [-0.1, -0.05) is 19.3 Å². The Morgan fingerprint density at radius 3 is 2.59 bits per heavy atom. The molecule has 17 heavy (non-hydrogen) atoms. The fraction of sp³-hybridized carbons (Fsp3) is 0.929. The molecule has 1 N–H and O–H groups in total. The number of likely N-dealkylation sites (tertiary alicyclic amines) is 1. The lowest BCUT2D eigenvalue weighted by Crippen LogP contribution is -2.29. The Hall–Kier alpha value is -0.570. The van der Waals surface area contributed by atoms with Gasteiger partial charge in [0.25, 0.3) is 0 Å². The fourth-order valence-electron chi connectivity index (χ4n) is 3.54. The van der Waals surface area contributed by atoms with Crippen LogP contribution in [0, 0.1) is 5.41 Å². The van der Waals surface area contributed by atoms with Crippen LogP contribution < -0.4 is 0 Å². The summed E-state index contributed by atoms with van der Waals surface area (Å²) < 4.78 is 0. The molecule has 0 aromatic heterocycles. The third kappa shape index (κ3) is 3.70. The minimum Gasteiger partial charge on any atom is -0.481 e. The monoisotopic (exact) mass is 239 g/mol. The van der Waals surface area contributed by atoms with Gasteiger partial charge >= 0.3 is 5.97 Å². The third-order valence-electron chi connectivity index (χ3n) is 4.55. The highest BCUT2D eigenvalue weighted by molar-refractivity contribution is 5.66. The number of carboxylic acids is 1. The number of rotatable bonds is 5. The van der Waals surface area contributed by atoms with Crippen LogP contribution in [-0.2, 0) is 4.79 Å². The maximum absolute atomic E-state index is 10.4. The molecule has 1 heterocycles. The maximum Gasteiger partial charge on any atom is 0.303 e. The number of hydrogen-bond donors (Lipinski definition) is 1. The standard InChI is InChI=1S/C14H25NO2/c16-13(17)6-2-5-10-15-11-9-14(12-15)7-3-1-4-8-14/h1-12H2,(H,16,17). The average Bonchev–Trinajstić information content (AvgIpc) is 2.69. The molecule has 1 saturated carbocycles. The summed E-state index contributed by atoms with van der Waals surface area (Å²) in [5, 5.41) is 8.59. The SMILES string of the molecule is O=C(O)CCCCN1CCC2(CCCCC2)C1. The fourth-order valence-corrected chi connectivity index (χ4v) is 3.54. The van der Waals surface area contributed by atoms with Crippen molar-refractivity contribution < 1.29 is 9.90 Å². The molecular weight excluding hydrogens is 214 g/mol. The zero-order valence-electron chi connectivity index (χ0n) is 10.8. The molecule has 3 heteroatoms. The van der Waals surface area contributed by atoms with Crippen molar-refractivity contribution in [1.29, 1.82) is 0 Å². The van der Waals surface area contributed by atoms with Gasteiger partial charge in [-0.05, 0) is 50.6 Å². The Balaban J connectivity index is 1.65. The topological polar surface area (TPSA) is 40.5 Å². The first-order valence-corrected chi connectivity index (χ1v) is 7.14. The van der Waals surface area contributed by atoms with E-state index in [0.717, 1.165) is 19.4 Å². The van der Waals surface area contributed by atoms with E-state index in [0.29, 0.717) is 11.8 Å². The van der Waals surface area contributed by atoms with E-state index in [4.69, 9.17) is 5.11 Å². The number of aliphatic carboxylic acids is 1. The Morgan fingerprint density at radius 1 is 1.12 bits per heavy atom. The van der Waals surface area contributed by atoms with Crippen molar-refractivity contribution in [2.75, 3.05) is 19.6 Å². The lowest BCUT2D eigenvalue weighted by Gasteiger charge is -2.33. The van der Waals surface area contributed by atoms with Crippen LogP contribution in [0.1, 0.15) is 57.8 Å². The van der Waals surface area contributed by atoms with E-state index in [1.54, 1.807) is 0 Å². The van der Waals surface area contributed by atoms with Gasteiger partial charge in [-0.15, -0.1) is 0 Å². The molecule has 0 aromatic carbocycles. The zero-order chi connectivity index (χ0) is 12.1. The van der Waals surface area contributed by atoms with Gasteiger partial charge in [-0.2, -0.15) is 0 Å². The van der Waals surface area contributed by atoms with Gasteiger partial charge in [0.15, 0.2) is 0 Å².